The molecule has 0 spiro atoms. The summed E-state index contributed by atoms with van der Waals surface area (Å²) in [5.41, 5.74) is 14.4. The van der Waals surface area contributed by atoms with Crippen molar-refractivity contribution in [2.24, 2.45) is 0 Å². The lowest BCUT2D eigenvalue weighted by Gasteiger charge is -2.30. The Kier molecular flexibility index (Phi) is 8.39. The summed E-state index contributed by atoms with van der Waals surface area (Å²) in [5, 5.41) is 7.28. The van der Waals surface area contributed by atoms with Crippen LogP contribution in [-0.4, -0.2) is 0 Å². The van der Waals surface area contributed by atoms with Crippen LogP contribution < -0.4 is 4.90 Å². The molecule has 0 aliphatic rings. The van der Waals surface area contributed by atoms with E-state index in [0.717, 1.165) is 55.7 Å². The minimum Gasteiger partial charge on any atom is -0.456 e. The number of hydrogen-bond acceptors (Lipinski definition) is 3. The Morgan fingerprint density at radius 2 is 0.918 bits per heavy atom. The zero-order valence-electron chi connectivity index (χ0n) is 33.1. The molecule has 0 N–H and O–H groups in total. The van der Waals surface area contributed by atoms with Crippen molar-refractivity contribution in [3.8, 4) is 44.5 Å². The Morgan fingerprint density at radius 1 is 0.344 bits per heavy atom. The average molecular weight is 796 g/mol. The summed E-state index contributed by atoms with van der Waals surface area (Å²) in [6, 6.07) is 81.3. The highest BCUT2D eigenvalue weighted by Gasteiger charge is 2.24. The van der Waals surface area contributed by atoms with Gasteiger partial charge in [0.1, 0.15) is 11.2 Å². The van der Waals surface area contributed by atoms with Crippen LogP contribution in [0.1, 0.15) is 0 Å². The fraction of sp³-hybridized carbons (Fsp3) is 0. The summed E-state index contributed by atoms with van der Waals surface area (Å²) in [7, 11) is 0. The molecule has 0 aliphatic heterocycles. The molecule has 2 aromatic heterocycles. The molecule has 2 heterocycles. The van der Waals surface area contributed by atoms with Gasteiger partial charge in [-0.25, -0.2) is 0 Å². The van der Waals surface area contributed by atoms with Gasteiger partial charge in [0.2, 0.25) is 0 Å². The maximum atomic E-state index is 6.38. The van der Waals surface area contributed by atoms with Gasteiger partial charge in [-0.2, -0.15) is 0 Å². The van der Waals surface area contributed by atoms with Crippen molar-refractivity contribution in [1.82, 2.24) is 0 Å². The van der Waals surface area contributed by atoms with Gasteiger partial charge >= 0.3 is 0 Å². The van der Waals surface area contributed by atoms with Crippen LogP contribution in [0, 0.1) is 0 Å². The zero-order valence-corrected chi connectivity index (χ0v) is 33.9. The van der Waals surface area contributed by atoms with Gasteiger partial charge in [0.25, 0.3) is 0 Å². The van der Waals surface area contributed by atoms with Gasteiger partial charge in [-0.3, -0.25) is 0 Å². The molecule has 0 atom stereocenters. The first-order chi connectivity index (χ1) is 30.3. The standard InChI is InChI=1S/C58H37NOS/c1-2-16-38(17-3-1)43-26-13-18-39-19-14-27-49(57(39)43)44-22-4-8-30-52(44)59(42-21-12-20-40(36-42)41-34-35-47-46-24-6-10-32-54(46)60-55(47)37-41)53-31-9-5-23-45(53)50-28-15-29-51-48-25-7-11-33-56(48)61-58(50)51/h1-37H. The van der Waals surface area contributed by atoms with Gasteiger partial charge in [0.15, 0.2) is 0 Å². The number of furan rings is 1. The minimum atomic E-state index is 0.887. The molecule has 286 valence electrons. The van der Waals surface area contributed by atoms with Crippen molar-refractivity contribution in [1.29, 1.82) is 0 Å². The maximum absolute atomic E-state index is 6.38. The Balaban J connectivity index is 1.11. The fourth-order valence-electron chi connectivity index (χ4n) is 9.31. The first-order valence-electron chi connectivity index (χ1n) is 20.7. The number of anilines is 3. The number of para-hydroxylation sites is 3. The van der Waals surface area contributed by atoms with Crippen molar-refractivity contribution >= 4 is 81.3 Å². The molecule has 61 heavy (non-hydrogen) atoms. The number of thiophene rings is 1. The predicted molar refractivity (Wildman–Crippen MR) is 261 cm³/mol. The summed E-state index contributed by atoms with van der Waals surface area (Å²) >= 11 is 1.87. The summed E-state index contributed by atoms with van der Waals surface area (Å²) in [4.78, 5) is 2.48. The number of fused-ring (bicyclic) bond motifs is 7. The van der Waals surface area contributed by atoms with Gasteiger partial charge in [-0.1, -0.05) is 176 Å². The minimum absolute atomic E-state index is 0.887. The van der Waals surface area contributed by atoms with Crippen LogP contribution in [0.25, 0.3) is 97.4 Å². The molecule has 0 amide bonds. The summed E-state index contributed by atoms with van der Waals surface area (Å²) in [5.74, 6) is 0. The molecule has 0 aliphatic carbocycles. The Morgan fingerprint density at radius 3 is 1.75 bits per heavy atom. The molecule has 10 aromatic carbocycles. The molecule has 0 saturated heterocycles. The number of hydrogen-bond donors (Lipinski definition) is 0. The van der Waals surface area contributed by atoms with Gasteiger partial charge in [0, 0.05) is 53.3 Å². The lowest BCUT2D eigenvalue weighted by atomic mass is 9.90. The summed E-state index contributed by atoms with van der Waals surface area (Å²) in [6.07, 6.45) is 0. The largest absolute Gasteiger partial charge is 0.456 e. The van der Waals surface area contributed by atoms with Crippen LogP contribution in [0.2, 0.25) is 0 Å². The van der Waals surface area contributed by atoms with Crippen molar-refractivity contribution in [3.63, 3.8) is 0 Å². The van der Waals surface area contributed by atoms with E-state index in [1.165, 1.54) is 58.8 Å². The van der Waals surface area contributed by atoms with Crippen LogP contribution >= 0.6 is 11.3 Å². The van der Waals surface area contributed by atoms with E-state index in [4.69, 9.17) is 4.42 Å². The monoisotopic (exact) mass is 795 g/mol. The first kappa shape index (κ1) is 35.2. The number of nitrogens with zero attached hydrogens (tertiary/aromatic N) is 1. The fourth-order valence-corrected chi connectivity index (χ4v) is 10.5. The van der Waals surface area contributed by atoms with Gasteiger partial charge in [0.05, 0.1) is 11.4 Å². The summed E-state index contributed by atoms with van der Waals surface area (Å²) < 4.78 is 8.97. The van der Waals surface area contributed by atoms with Crippen LogP contribution in [0.15, 0.2) is 229 Å². The molecule has 2 nitrogen and oxygen atoms in total. The van der Waals surface area contributed by atoms with Crippen LogP contribution in [0.4, 0.5) is 17.1 Å². The molecule has 0 fully saturated rings. The maximum Gasteiger partial charge on any atom is 0.136 e. The Labute approximate surface area is 357 Å². The van der Waals surface area contributed by atoms with Gasteiger partial charge in [-0.15, -0.1) is 11.3 Å². The topological polar surface area (TPSA) is 16.4 Å². The lowest BCUT2D eigenvalue weighted by Crippen LogP contribution is -2.12. The highest BCUT2D eigenvalue weighted by atomic mass is 32.1. The normalized spacial score (nSPS) is 11.6. The third-order valence-corrected chi connectivity index (χ3v) is 13.3. The van der Waals surface area contributed by atoms with E-state index in [1.807, 2.05) is 23.5 Å². The second-order valence-corrected chi connectivity index (χ2v) is 16.6. The van der Waals surface area contributed by atoms with Crippen molar-refractivity contribution in [2.75, 3.05) is 4.90 Å². The second-order valence-electron chi connectivity index (χ2n) is 15.6. The highest BCUT2D eigenvalue weighted by Crippen LogP contribution is 2.49. The predicted octanol–water partition coefficient (Wildman–Crippen LogP) is 17.2. The summed E-state index contributed by atoms with van der Waals surface area (Å²) in [6.45, 7) is 0. The van der Waals surface area contributed by atoms with E-state index in [2.05, 4.69) is 217 Å². The van der Waals surface area contributed by atoms with Gasteiger partial charge < -0.3 is 9.32 Å². The smallest absolute Gasteiger partial charge is 0.136 e. The molecular weight excluding hydrogens is 759 g/mol. The molecule has 3 heteroatoms. The molecule has 0 saturated carbocycles. The molecule has 12 rings (SSSR count). The third kappa shape index (κ3) is 5.93. The van der Waals surface area contributed by atoms with E-state index in [9.17, 15) is 0 Å². The molecular formula is C58H37NOS. The Hall–Kier alpha value is -7.72. The zero-order chi connectivity index (χ0) is 40.3. The Bertz CT molecular complexity index is 3610. The SMILES string of the molecule is c1ccc(-c2cccc3cccc(-c4ccccc4N(c4cccc(-c5ccc6c(c5)oc5ccccc56)c4)c4ccccc4-c4cccc5c4sc4ccccc45)c23)cc1. The van der Waals surface area contributed by atoms with E-state index in [1.54, 1.807) is 0 Å². The van der Waals surface area contributed by atoms with Crippen molar-refractivity contribution < 1.29 is 4.42 Å². The quantitative estimate of drug-likeness (QED) is 0.160. The van der Waals surface area contributed by atoms with E-state index >= 15 is 0 Å². The first-order valence-corrected chi connectivity index (χ1v) is 21.6. The lowest BCUT2D eigenvalue weighted by molar-refractivity contribution is 0.669. The molecule has 0 radical (unpaired) electrons. The molecule has 0 unspecified atom stereocenters. The van der Waals surface area contributed by atoms with E-state index < -0.39 is 0 Å². The number of benzene rings is 10. The highest BCUT2D eigenvalue weighted by molar-refractivity contribution is 7.26. The third-order valence-electron chi connectivity index (χ3n) is 12.1. The van der Waals surface area contributed by atoms with Crippen LogP contribution in [0.5, 0.6) is 0 Å². The van der Waals surface area contributed by atoms with E-state index in [0.29, 0.717) is 0 Å². The van der Waals surface area contributed by atoms with Crippen molar-refractivity contribution in [2.45, 2.75) is 0 Å². The average Bonchev–Trinajstić information content (AvgIpc) is 3.90. The second kappa shape index (κ2) is 14.5. The van der Waals surface area contributed by atoms with Crippen LogP contribution in [0.3, 0.4) is 0 Å². The van der Waals surface area contributed by atoms with E-state index in [-0.39, 0.29) is 0 Å². The van der Waals surface area contributed by atoms with Gasteiger partial charge in [-0.05, 0) is 87.1 Å². The molecule has 0 bridgehead atoms. The van der Waals surface area contributed by atoms with Crippen LogP contribution in [-0.2, 0) is 0 Å². The number of rotatable bonds is 7. The molecule has 12 aromatic rings. The van der Waals surface area contributed by atoms with Crippen molar-refractivity contribution in [3.05, 3.63) is 224 Å².